The molecule has 0 radical (unpaired) electrons. The minimum atomic E-state index is -0.329. The third-order valence-corrected chi connectivity index (χ3v) is 6.67. The molecule has 27 heavy (non-hydrogen) atoms. The lowest BCUT2D eigenvalue weighted by Gasteiger charge is -2.37. The van der Waals surface area contributed by atoms with Crippen LogP contribution in [0.2, 0.25) is 0 Å². The van der Waals surface area contributed by atoms with E-state index in [1.807, 2.05) is 13.0 Å². The quantitative estimate of drug-likeness (QED) is 0.817. The fourth-order valence-electron chi connectivity index (χ4n) is 3.88. The second-order valence-electron chi connectivity index (χ2n) is 7.92. The van der Waals surface area contributed by atoms with E-state index in [0.29, 0.717) is 28.0 Å². The predicted molar refractivity (Wildman–Crippen MR) is 109 cm³/mol. The number of thiophene rings is 1. The Kier molecular flexibility index (Phi) is 6.32. The van der Waals surface area contributed by atoms with Crippen molar-refractivity contribution in [3.8, 4) is 0 Å². The lowest BCUT2D eigenvalue weighted by atomic mass is 9.75. The smallest absolute Gasteiger partial charge is 0.280 e. The molecule has 1 fully saturated rings. The molecule has 1 amide bonds. The summed E-state index contributed by atoms with van der Waals surface area (Å²) in [7, 11) is 0. The normalized spacial score (nSPS) is 23.1. The Labute approximate surface area is 163 Å². The average molecular weight is 392 g/mol. The van der Waals surface area contributed by atoms with Gasteiger partial charge in [-0.25, -0.2) is 9.66 Å². The summed E-state index contributed by atoms with van der Waals surface area (Å²) >= 11 is 1.51. The fraction of sp³-hybridized carbons (Fsp3) is 0.650. The lowest BCUT2D eigenvalue weighted by Crippen LogP contribution is -2.39. The number of nitrogens with one attached hydrogen (secondary N) is 1. The largest absolute Gasteiger partial charge is 0.368 e. The van der Waals surface area contributed by atoms with Gasteiger partial charge in [-0.3, -0.25) is 15.0 Å². The Bertz CT molecular complexity index is 858. The molecule has 1 aliphatic carbocycles. The summed E-state index contributed by atoms with van der Waals surface area (Å²) in [6.45, 7) is 8.65. The molecule has 1 aliphatic rings. The van der Waals surface area contributed by atoms with Gasteiger partial charge in [-0.1, -0.05) is 34.1 Å². The number of fused-ring (bicyclic) bond motifs is 1. The van der Waals surface area contributed by atoms with Crippen LogP contribution in [0.15, 0.2) is 17.2 Å². The summed E-state index contributed by atoms with van der Waals surface area (Å²) in [5.41, 5.74) is 2.35. The molecule has 0 unspecified atom stereocenters. The maximum atomic E-state index is 12.6. The Morgan fingerprint density at radius 2 is 2.22 bits per heavy atom. The van der Waals surface area contributed by atoms with Gasteiger partial charge in [0.2, 0.25) is 0 Å². The summed E-state index contributed by atoms with van der Waals surface area (Å²) in [6.07, 6.45) is 5.67. The van der Waals surface area contributed by atoms with E-state index in [4.69, 9.17) is 4.74 Å². The van der Waals surface area contributed by atoms with E-state index < -0.39 is 0 Å². The van der Waals surface area contributed by atoms with Crippen molar-refractivity contribution in [1.82, 2.24) is 9.66 Å². The highest BCUT2D eigenvalue weighted by Crippen LogP contribution is 2.35. The zero-order valence-electron chi connectivity index (χ0n) is 16.5. The van der Waals surface area contributed by atoms with Crippen LogP contribution in [-0.4, -0.2) is 28.3 Å². The molecule has 3 rings (SSSR count). The second kappa shape index (κ2) is 8.52. The molecule has 0 spiro atoms. The van der Waals surface area contributed by atoms with Gasteiger partial charge in [0.15, 0.2) is 0 Å². The predicted octanol–water partition coefficient (Wildman–Crippen LogP) is 3.57. The van der Waals surface area contributed by atoms with Gasteiger partial charge >= 0.3 is 0 Å². The van der Waals surface area contributed by atoms with E-state index >= 15 is 0 Å². The topological polar surface area (TPSA) is 73.2 Å². The molecule has 6 nitrogen and oxygen atoms in total. The molecule has 3 atom stereocenters. The van der Waals surface area contributed by atoms with Gasteiger partial charge in [-0.2, -0.15) is 0 Å². The number of aromatic nitrogens is 2. The molecular weight excluding hydrogens is 362 g/mol. The average Bonchev–Trinajstić information content (AvgIpc) is 3.06. The number of aryl methyl sites for hydroxylation is 1. The van der Waals surface area contributed by atoms with Gasteiger partial charge in [0.05, 0.1) is 11.5 Å². The zero-order valence-corrected chi connectivity index (χ0v) is 17.3. The molecule has 1 saturated carbocycles. The van der Waals surface area contributed by atoms with Crippen molar-refractivity contribution in [2.75, 3.05) is 12.0 Å². The summed E-state index contributed by atoms with van der Waals surface area (Å²) in [6, 6.07) is 1.85. The second-order valence-corrected chi connectivity index (χ2v) is 9.03. The van der Waals surface area contributed by atoms with Crippen molar-refractivity contribution in [3.05, 3.63) is 27.6 Å². The van der Waals surface area contributed by atoms with Gasteiger partial charge in [0.1, 0.15) is 17.8 Å². The third kappa shape index (κ3) is 4.58. The van der Waals surface area contributed by atoms with Crippen LogP contribution >= 0.6 is 11.3 Å². The third-order valence-electron chi connectivity index (χ3n) is 5.49. The van der Waals surface area contributed by atoms with E-state index in [0.717, 1.165) is 28.8 Å². The highest BCUT2D eigenvalue weighted by atomic mass is 32.1. The van der Waals surface area contributed by atoms with Gasteiger partial charge in [-0.05, 0) is 43.1 Å². The van der Waals surface area contributed by atoms with Gasteiger partial charge in [0, 0.05) is 4.88 Å². The standard InChI is InChI=1S/C20H29N3O3S/c1-5-14-9-16-19(27-14)21-11-23(20(16)25)22-18(24)10-26-17-8-13(4)6-7-15(17)12(2)3/h9,11-13,15,17H,5-8,10H2,1-4H3,(H,22,24)/t13-,15+,17+/m0/s1. The molecule has 2 heterocycles. The van der Waals surface area contributed by atoms with E-state index in [9.17, 15) is 9.59 Å². The van der Waals surface area contributed by atoms with E-state index in [2.05, 4.69) is 31.2 Å². The minimum absolute atomic E-state index is 0.0467. The molecule has 148 valence electrons. The fourth-order valence-corrected chi connectivity index (χ4v) is 4.81. The van der Waals surface area contributed by atoms with Crippen LogP contribution in [0.3, 0.4) is 0 Å². The summed E-state index contributed by atoms with van der Waals surface area (Å²) in [5.74, 6) is 1.30. The molecule has 0 saturated heterocycles. The Morgan fingerprint density at radius 1 is 1.44 bits per heavy atom. The lowest BCUT2D eigenvalue weighted by molar-refractivity contribution is -0.127. The van der Waals surface area contributed by atoms with Crippen LogP contribution in [-0.2, 0) is 16.0 Å². The number of ether oxygens (including phenoxy) is 1. The van der Waals surface area contributed by atoms with E-state index in [1.165, 1.54) is 24.1 Å². The molecule has 2 aromatic heterocycles. The van der Waals surface area contributed by atoms with Crippen LogP contribution in [0.4, 0.5) is 0 Å². The number of hydrogen-bond donors (Lipinski definition) is 1. The molecule has 0 aliphatic heterocycles. The highest BCUT2D eigenvalue weighted by Gasteiger charge is 2.31. The first-order valence-corrected chi connectivity index (χ1v) is 10.6. The Balaban J connectivity index is 1.64. The van der Waals surface area contributed by atoms with Gasteiger partial charge < -0.3 is 4.74 Å². The molecule has 1 N–H and O–H groups in total. The molecule has 2 aromatic rings. The first-order valence-electron chi connectivity index (χ1n) is 9.80. The molecule has 0 bridgehead atoms. The van der Waals surface area contributed by atoms with E-state index in [1.54, 1.807) is 0 Å². The molecular formula is C20H29N3O3S. The number of rotatable bonds is 6. The van der Waals surface area contributed by atoms with Crippen molar-refractivity contribution < 1.29 is 9.53 Å². The van der Waals surface area contributed by atoms with Crippen molar-refractivity contribution in [1.29, 1.82) is 0 Å². The Morgan fingerprint density at radius 3 is 2.93 bits per heavy atom. The molecule has 7 heteroatoms. The number of amides is 1. The van der Waals surface area contributed by atoms with Crippen LogP contribution < -0.4 is 11.0 Å². The maximum absolute atomic E-state index is 12.6. The maximum Gasteiger partial charge on any atom is 0.280 e. The summed E-state index contributed by atoms with van der Waals surface area (Å²) in [4.78, 5) is 31.0. The summed E-state index contributed by atoms with van der Waals surface area (Å²) in [5, 5.41) is 0.543. The first-order chi connectivity index (χ1) is 12.9. The zero-order chi connectivity index (χ0) is 19.6. The minimum Gasteiger partial charge on any atom is -0.368 e. The van der Waals surface area contributed by atoms with Crippen molar-refractivity contribution in [2.45, 2.75) is 59.5 Å². The van der Waals surface area contributed by atoms with Crippen LogP contribution in [0.1, 0.15) is 51.8 Å². The first kappa shape index (κ1) is 20.0. The van der Waals surface area contributed by atoms with Crippen LogP contribution in [0.25, 0.3) is 10.2 Å². The molecule has 0 aromatic carbocycles. The number of carbonyl (C=O) groups excluding carboxylic acids is 1. The van der Waals surface area contributed by atoms with Gasteiger partial charge in [0.25, 0.3) is 11.5 Å². The SMILES string of the molecule is CCc1cc2c(=O)n(NC(=O)CO[C@@H]3C[C@@H](C)CC[C@@H]3C(C)C)cnc2s1. The van der Waals surface area contributed by atoms with Crippen LogP contribution in [0, 0.1) is 17.8 Å². The highest BCUT2D eigenvalue weighted by molar-refractivity contribution is 7.18. The number of carbonyl (C=O) groups is 1. The summed E-state index contributed by atoms with van der Waals surface area (Å²) < 4.78 is 7.12. The van der Waals surface area contributed by atoms with Gasteiger partial charge in [-0.15, -0.1) is 11.3 Å². The monoisotopic (exact) mass is 391 g/mol. The van der Waals surface area contributed by atoms with Crippen molar-refractivity contribution in [2.24, 2.45) is 17.8 Å². The number of hydrogen-bond acceptors (Lipinski definition) is 5. The van der Waals surface area contributed by atoms with E-state index in [-0.39, 0.29) is 24.2 Å². The van der Waals surface area contributed by atoms with Crippen molar-refractivity contribution in [3.63, 3.8) is 0 Å². The number of nitrogens with zero attached hydrogens (tertiary/aromatic N) is 2. The van der Waals surface area contributed by atoms with Crippen molar-refractivity contribution >= 4 is 27.5 Å². The Hall–Kier alpha value is -1.73. The van der Waals surface area contributed by atoms with Crippen LogP contribution in [0.5, 0.6) is 0 Å².